The van der Waals surface area contributed by atoms with E-state index in [4.69, 9.17) is 4.42 Å². The van der Waals surface area contributed by atoms with Crippen molar-refractivity contribution in [2.24, 2.45) is 0 Å². The first-order chi connectivity index (χ1) is 33.2. The molecule has 0 aliphatic heterocycles. The van der Waals surface area contributed by atoms with Crippen LogP contribution in [-0.4, -0.2) is 4.57 Å². The highest BCUT2D eigenvalue weighted by Crippen LogP contribution is 2.45. The first kappa shape index (κ1) is 38.5. The van der Waals surface area contributed by atoms with Gasteiger partial charge in [0.1, 0.15) is 11.2 Å². The Labute approximate surface area is 388 Å². The third-order valence-electron chi connectivity index (χ3n) is 13.4. The Morgan fingerprint density at radius 1 is 0.313 bits per heavy atom. The number of para-hydroxylation sites is 4. The Balaban J connectivity index is 0.870. The maximum absolute atomic E-state index is 6.39. The Kier molecular flexibility index (Phi) is 9.17. The zero-order valence-electron chi connectivity index (χ0n) is 36.6. The normalized spacial score (nSPS) is 11.6. The molecule has 0 amide bonds. The van der Waals surface area contributed by atoms with Crippen molar-refractivity contribution in [3.05, 3.63) is 255 Å². The zero-order chi connectivity index (χ0) is 44.3. The van der Waals surface area contributed by atoms with Crippen molar-refractivity contribution in [3.8, 4) is 50.2 Å². The summed E-state index contributed by atoms with van der Waals surface area (Å²) in [6.45, 7) is 0. The highest BCUT2D eigenvalue weighted by Gasteiger charge is 2.21. The molecule has 11 aromatic carbocycles. The number of fused-ring (bicyclic) bond motifs is 7. The average Bonchev–Trinajstić information content (AvgIpc) is 3.96. The van der Waals surface area contributed by atoms with Crippen LogP contribution in [0.4, 0.5) is 17.1 Å². The smallest absolute Gasteiger partial charge is 0.136 e. The maximum atomic E-state index is 6.39. The molecule has 2 heterocycles. The van der Waals surface area contributed by atoms with Crippen LogP contribution in [0.5, 0.6) is 0 Å². The van der Waals surface area contributed by atoms with Gasteiger partial charge in [0, 0.05) is 44.2 Å². The molecule has 0 N–H and O–H groups in total. The van der Waals surface area contributed by atoms with Gasteiger partial charge in [-0.05, 0) is 123 Å². The fraction of sp³-hybridized carbons (Fsp3) is 0. The van der Waals surface area contributed by atoms with Crippen LogP contribution >= 0.6 is 0 Å². The lowest BCUT2D eigenvalue weighted by molar-refractivity contribution is 0.669. The lowest BCUT2D eigenvalue weighted by Crippen LogP contribution is -2.11. The molecule has 0 spiro atoms. The zero-order valence-corrected chi connectivity index (χ0v) is 36.6. The number of nitrogens with zero attached hydrogens (tertiary/aromatic N) is 2. The Bertz CT molecular complexity index is 3920. The van der Waals surface area contributed by atoms with Gasteiger partial charge in [-0.25, -0.2) is 0 Å². The molecule has 0 atom stereocenters. The largest absolute Gasteiger partial charge is 0.456 e. The number of hydrogen-bond acceptors (Lipinski definition) is 2. The van der Waals surface area contributed by atoms with Crippen LogP contribution in [-0.2, 0) is 0 Å². The van der Waals surface area contributed by atoms with Gasteiger partial charge in [-0.1, -0.05) is 182 Å². The monoisotopic (exact) mass is 854 g/mol. The van der Waals surface area contributed by atoms with Gasteiger partial charge in [0.05, 0.1) is 16.7 Å². The molecule has 0 saturated heterocycles. The molecule has 0 aliphatic rings. The molecule has 67 heavy (non-hydrogen) atoms. The first-order valence-electron chi connectivity index (χ1n) is 22.9. The van der Waals surface area contributed by atoms with Crippen molar-refractivity contribution in [2.75, 3.05) is 4.90 Å². The maximum Gasteiger partial charge on any atom is 0.136 e. The summed E-state index contributed by atoms with van der Waals surface area (Å²) in [5.41, 5.74) is 17.9. The van der Waals surface area contributed by atoms with E-state index in [1.54, 1.807) is 0 Å². The summed E-state index contributed by atoms with van der Waals surface area (Å²) in [5, 5.41) is 7.24. The van der Waals surface area contributed by atoms with Crippen LogP contribution < -0.4 is 4.90 Å². The molecular formula is C64H42N2O. The van der Waals surface area contributed by atoms with Crippen molar-refractivity contribution < 1.29 is 4.42 Å². The lowest BCUT2D eigenvalue weighted by atomic mass is 9.96. The van der Waals surface area contributed by atoms with Crippen LogP contribution in [0.15, 0.2) is 259 Å². The summed E-state index contributed by atoms with van der Waals surface area (Å²) >= 11 is 0. The molecule has 0 aliphatic carbocycles. The van der Waals surface area contributed by atoms with E-state index in [1.807, 2.05) is 6.07 Å². The van der Waals surface area contributed by atoms with Crippen molar-refractivity contribution in [2.45, 2.75) is 0 Å². The van der Waals surface area contributed by atoms with Crippen molar-refractivity contribution >= 4 is 71.6 Å². The predicted octanol–water partition coefficient (Wildman–Crippen LogP) is 18.0. The van der Waals surface area contributed by atoms with E-state index in [0.29, 0.717) is 0 Å². The van der Waals surface area contributed by atoms with E-state index in [0.717, 1.165) is 61.4 Å². The minimum Gasteiger partial charge on any atom is -0.456 e. The van der Waals surface area contributed by atoms with E-state index >= 15 is 0 Å². The van der Waals surface area contributed by atoms with Crippen LogP contribution in [0.2, 0.25) is 0 Å². The molecule has 3 nitrogen and oxygen atoms in total. The highest BCUT2D eigenvalue weighted by atomic mass is 16.3. The van der Waals surface area contributed by atoms with Gasteiger partial charge < -0.3 is 13.9 Å². The van der Waals surface area contributed by atoms with Gasteiger partial charge in [0.15, 0.2) is 0 Å². The van der Waals surface area contributed by atoms with Crippen LogP contribution in [0.3, 0.4) is 0 Å². The molecule has 0 saturated carbocycles. The second-order valence-electron chi connectivity index (χ2n) is 17.3. The lowest BCUT2D eigenvalue weighted by Gasteiger charge is -2.28. The first-order valence-corrected chi connectivity index (χ1v) is 22.9. The fourth-order valence-corrected chi connectivity index (χ4v) is 10.2. The molecule has 2 aromatic heterocycles. The van der Waals surface area contributed by atoms with Gasteiger partial charge in [0.2, 0.25) is 0 Å². The van der Waals surface area contributed by atoms with E-state index in [1.165, 1.54) is 60.4 Å². The van der Waals surface area contributed by atoms with Crippen LogP contribution in [0.1, 0.15) is 0 Å². The second-order valence-corrected chi connectivity index (χ2v) is 17.3. The Morgan fingerprint density at radius 2 is 0.806 bits per heavy atom. The molecule has 314 valence electrons. The van der Waals surface area contributed by atoms with Gasteiger partial charge >= 0.3 is 0 Å². The summed E-state index contributed by atoms with van der Waals surface area (Å²) < 4.78 is 8.77. The summed E-state index contributed by atoms with van der Waals surface area (Å²) in [6.07, 6.45) is 0. The third kappa shape index (κ3) is 6.67. The van der Waals surface area contributed by atoms with Crippen molar-refractivity contribution in [1.29, 1.82) is 0 Å². The number of anilines is 3. The average molecular weight is 855 g/mol. The molecule has 13 aromatic rings. The highest BCUT2D eigenvalue weighted by molar-refractivity contribution is 6.14. The van der Waals surface area contributed by atoms with Gasteiger partial charge in [-0.2, -0.15) is 0 Å². The standard InChI is InChI=1S/C64H42N2O/c1-2-14-48-41-50(32-31-43(48)13-1)47-35-39-52(40-36-47)65(59-22-7-5-19-56(59)57-21-12-26-63-64(57)58-20-6-10-25-62(58)67-63)51-37-33-45(34-38-51)44-27-29-46(30-28-44)49-15-11-16-53(42-49)66-60-23-8-3-17-54(60)55-18-4-9-24-61(55)66/h1-42H. The van der Waals surface area contributed by atoms with Crippen molar-refractivity contribution in [1.82, 2.24) is 4.57 Å². The third-order valence-corrected chi connectivity index (χ3v) is 13.4. The van der Waals surface area contributed by atoms with Crippen LogP contribution in [0, 0.1) is 0 Å². The SMILES string of the molecule is c1cc(-c2ccc(-c3ccc(N(c4ccc(-c5ccc6ccccc6c5)cc4)c4ccccc4-c4cccc5oc6ccccc6c45)cc3)cc2)cc(-n2c3ccccc3c3ccccc32)c1. The Morgan fingerprint density at radius 3 is 1.51 bits per heavy atom. The molecule has 13 rings (SSSR count). The fourth-order valence-electron chi connectivity index (χ4n) is 10.2. The van der Waals surface area contributed by atoms with Crippen molar-refractivity contribution in [3.63, 3.8) is 0 Å². The van der Waals surface area contributed by atoms with Crippen LogP contribution in [0.25, 0.3) is 105 Å². The Hall–Kier alpha value is -8.92. The summed E-state index contributed by atoms with van der Waals surface area (Å²) in [6, 6.07) is 91.9. The van der Waals surface area contributed by atoms with E-state index in [2.05, 4.69) is 258 Å². The van der Waals surface area contributed by atoms with E-state index in [9.17, 15) is 0 Å². The van der Waals surface area contributed by atoms with Gasteiger partial charge in [0.25, 0.3) is 0 Å². The van der Waals surface area contributed by atoms with Gasteiger partial charge in [-0.3, -0.25) is 0 Å². The topological polar surface area (TPSA) is 21.3 Å². The number of furan rings is 1. The summed E-state index contributed by atoms with van der Waals surface area (Å²) in [4.78, 5) is 2.39. The number of benzene rings is 11. The minimum absolute atomic E-state index is 0.881. The molecule has 0 unspecified atom stereocenters. The minimum atomic E-state index is 0.881. The number of rotatable bonds is 8. The van der Waals surface area contributed by atoms with E-state index in [-0.39, 0.29) is 0 Å². The molecule has 0 bridgehead atoms. The molecular weight excluding hydrogens is 813 g/mol. The summed E-state index contributed by atoms with van der Waals surface area (Å²) in [5.74, 6) is 0. The molecule has 3 heteroatoms. The number of aromatic nitrogens is 1. The molecule has 0 fully saturated rings. The quantitative estimate of drug-likeness (QED) is 0.152. The predicted molar refractivity (Wildman–Crippen MR) is 282 cm³/mol. The summed E-state index contributed by atoms with van der Waals surface area (Å²) in [7, 11) is 0. The van der Waals surface area contributed by atoms with E-state index < -0.39 is 0 Å². The number of hydrogen-bond donors (Lipinski definition) is 0. The van der Waals surface area contributed by atoms with Gasteiger partial charge in [-0.15, -0.1) is 0 Å². The second kappa shape index (κ2) is 16.0. The molecule has 0 radical (unpaired) electrons.